The van der Waals surface area contributed by atoms with Gasteiger partial charge in [-0.05, 0) is 29.7 Å². The summed E-state index contributed by atoms with van der Waals surface area (Å²) in [5, 5.41) is 2.18. The molecule has 0 spiro atoms. The molecule has 0 aliphatic heterocycles. The van der Waals surface area contributed by atoms with Crippen molar-refractivity contribution in [3.05, 3.63) is 41.7 Å². The van der Waals surface area contributed by atoms with Crippen molar-refractivity contribution in [1.29, 1.82) is 0 Å². The zero-order valence-corrected chi connectivity index (χ0v) is 8.31. The van der Waals surface area contributed by atoms with Gasteiger partial charge in [-0.1, -0.05) is 18.2 Å². The molecule has 2 aromatic rings. The Labute approximate surface area is 87.9 Å². The zero-order chi connectivity index (χ0) is 10.3. The van der Waals surface area contributed by atoms with Crippen LogP contribution in [0.2, 0.25) is 0 Å². The summed E-state index contributed by atoms with van der Waals surface area (Å²) in [6.45, 7) is 0. The molecule has 1 heterocycles. The minimum absolute atomic E-state index is 0.662. The van der Waals surface area contributed by atoms with Crippen LogP contribution in [0.25, 0.3) is 10.8 Å². The summed E-state index contributed by atoms with van der Waals surface area (Å²) in [4.78, 5) is 15.0. The number of hydrogen-bond donors (Lipinski definition) is 0. The van der Waals surface area contributed by atoms with E-state index in [0.29, 0.717) is 5.92 Å². The van der Waals surface area contributed by atoms with E-state index in [1.165, 1.54) is 18.4 Å². The van der Waals surface area contributed by atoms with Gasteiger partial charge in [-0.2, -0.15) is 0 Å². The minimum atomic E-state index is 0.662. The highest BCUT2D eigenvalue weighted by Crippen LogP contribution is 2.43. The molecule has 1 fully saturated rings. The second-order valence-electron chi connectivity index (χ2n) is 4.07. The SMILES string of the molecule is O=Cc1cncc2cccc(C3CC3)c12. The van der Waals surface area contributed by atoms with Gasteiger partial charge in [-0.3, -0.25) is 9.78 Å². The summed E-state index contributed by atoms with van der Waals surface area (Å²) in [6.07, 6.45) is 6.89. The first-order chi connectivity index (χ1) is 7.40. The molecule has 15 heavy (non-hydrogen) atoms. The minimum Gasteiger partial charge on any atom is -0.298 e. The molecule has 2 nitrogen and oxygen atoms in total. The van der Waals surface area contributed by atoms with Gasteiger partial charge in [-0.15, -0.1) is 0 Å². The first-order valence-corrected chi connectivity index (χ1v) is 5.22. The van der Waals surface area contributed by atoms with Gasteiger partial charge in [0.05, 0.1) is 0 Å². The van der Waals surface area contributed by atoms with Crippen molar-refractivity contribution in [2.24, 2.45) is 0 Å². The Morgan fingerprint density at radius 1 is 1.27 bits per heavy atom. The van der Waals surface area contributed by atoms with Crippen LogP contribution < -0.4 is 0 Å². The normalized spacial score (nSPS) is 15.5. The first-order valence-electron chi connectivity index (χ1n) is 5.22. The van der Waals surface area contributed by atoms with Crippen LogP contribution in [0.3, 0.4) is 0 Å². The molecule has 1 saturated carbocycles. The maximum atomic E-state index is 11.0. The Bertz CT molecular complexity index is 524. The van der Waals surface area contributed by atoms with E-state index >= 15 is 0 Å². The van der Waals surface area contributed by atoms with Crippen LogP contribution >= 0.6 is 0 Å². The fourth-order valence-electron chi connectivity index (χ4n) is 2.12. The van der Waals surface area contributed by atoms with E-state index in [2.05, 4.69) is 11.1 Å². The van der Waals surface area contributed by atoms with Gasteiger partial charge < -0.3 is 0 Å². The number of carbonyl (C=O) groups excluding carboxylic acids is 1. The lowest BCUT2D eigenvalue weighted by Crippen LogP contribution is -1.90. The largest absolute Gasteiger partial charge is 0.298 e. The van der Waals surface area contributed by atoms with E-state index in [4.69, 9.17) is 0 Å². The van der Waals surface area contributed by atoms with Gasteiger partial charge in [0.15, 0.2) is 6.29 Å². The van der Waals surface area contributed by atoms with Crippen LogP contribution in [0.5, 0.6) is 0 Å². The standard InChI is InChI=1S/C13H11NO/c15-8-11-7-14-6-10-2-1-3-12(13(10)11)9-4-5-9/h1-3,6-9H,4-5H2. The highest BCUT2D eigenvalue weighted by molar-refractivity contribution is 5.99. The number of aromatic nitrogens is 1. The Morgan fingerprint density at radius 3 is 2.87 bits per heavy atom. The topological polar surface area (TPSA) is 30.0 Å². The molecule has 0 radical (unpaired) electrons. The smallest absolute Gasteiger partial charge is 0.152 e. The highest BCUT2D eigenvalue weighted by atomic mass is 16.1. The van der Waals surface area contributed by atoms with Crippen LogP contribution in [0, 0.1) is 0 Å². The maximum absolute atomic E-state index is 11.0. The first kappa shape index (κ1) is 8.60. The fraction of sp³-hybridized carbons (Fsp3) is 0.231. The van der Waals surface area contributed by atoms with Crippen LogP contribution in [-0.4, -0.2) is 11.3 Å². The molecule has 0 saturated heterocycles. The summed E-state index contributed by atoms with van der Waals surface area (Å²) < 4.78 is 0. The number of benzene rings is 1. The summed E-state index contributed by atoms with van der Waals surface area (Å²) in [7, 11) is 0. The predicted octanol–water partition coefficient (Wildman–Crippen LogP) is 2.92. The van der Waals surface area contributed by atoms with Crippen LogP contribution in [0.4, 0.5) is 0 Å². The van der Waals surface area contributed by atoms with Crippen molar-refractivity contribution in [2.75, 3.05) is 0 Å². The quantitative estimate of drug-likeness (QED) is 0.693. The molecule has 0 amide bonds. The highest BCUT2D eigenvalue weighted by Gasteiger charge is 2.25. The number of rotatable bonds is 2. The average Bonchev–Trinajstić information content (AvgIpc) is 3.11. The Kier molecular flexibility index (Phi) is 1.81. The third kappa shape index (κ3) is 1.33. The van der Waals surface area contributed by atoms with E-state index in [0.717, 1.165) is 22.6 Å². The van der Waals surface area contributed by atoms with E-state index in [1.807, 2.05) is 18.3 Å². The number of nitrogens with zero attached hydrogens (tertiary/aromatic N) is 1. The van der Waals surface area contributed by atoms with E-state index < -0.39 is 0 Å². The van der Waals surface area contributed by atoms with Gasteiger partial charge >= 0.3 is 0 Å². The molecule has 1 aliphatic carbocycles. The molecule has 0 unspecified atom stereocenters. The molecule has 3 rings (SSSR count). The fourth-order valence-corrected chi connectivity index (χ4v) is 2.12. The Hall–Kier alpha value is -1.70. The van der Waals surface area contributed by atoms with E-state index in [9.17, 15) is 4.79 Å². The summed E-state index contributed by atoms with van der Waals surface area (Å²) in [5.41, 5.74) is 2.03. The number of aldehydes is 1. The lowest BCUT2D eigenvalue weighted by molar-refractivity contribution is 0.112. The molecule has 2 heteroatoms. The monoisotopic (exact) mass is 197 g/mol. The third-order valence-electron chi connectivity index (χ3n) is 2.99. The maximum Gasteiger partial charge on any atom is 0.152 e. The van der Waals surface area contributed by atoms with E-state index in [1.54, 1.807) is 6.20 Å². The number of carbonyl (C=O) groups is 1. The Balaban J connectivity index is 2.38. The van der Waals surface area contributed by atoms with Crippen molar-refractivity contribution < 1.29 is 4.79 Å². The molecule has 0 atom stereocenters. The number of fused-ring (bicyclic) bond motifs is 1. The van der Waals surface area contributed by atoms with Crippen molar-refractivity contribution in [3.8, 4) is 0 Å². The Morgan fingerprint density at radius 2 is 2.13 bits per heavy atom. The van der Waals surface area contributed by atoms with Crippen molar-refractivity contribution in [1.82, 2.24) is 4.98 Å². The van der Waals surface area contributed by atoms with Crippen LogP contribution in [0.15, 0.2) is 30.6 Å². The summed E-state index contributed by atoms with van der Waals surface area (Å²) in [5.74, 6) is 0.662. The van der Waals surface area contributed by atoms with Crippen molar-refractivity contribution in [3.63, 3.8) is 0 Å². The second-order valence-corrected chi connectivity index (χ2v) is 4.07. The molecule has 0 N–H and O–H groups in total. The molecule has 74 valence electrons. The summed E-state index contributed by atoms with van der Waals surface area (Å²) >= 11 is 0. The van der Waals surface area contributed by atoms with Crippen molar-refractivity contribution >= 4 is 17.1 Å². The molecule has 1 aliphatic rings. The van der Waals surface area contributed by atoms with Gasteiger partial charge in [0, 0.05) is 23.3 Å². The predicted molar refractivity (Wildman–Crippen MR) is 59.1 cm³/mol. The van der Waals surface area contributed by atoms with E-state index in [-0.39, 0.29) is 0 Å². The summed E-state index contributed by atoms with van der Waals surface area (Å²) in [6, 6.07) is 6.19. The molecular formula is C13H11NO. The average molecular weight is 197 g/mol. The number of hydrogen-bond acceptors (Lipinski definition) is 2. The molecule has 1 aromatic carbocycles. The lowest BCUT2D eigenvalue weighted by atomic mass is 9.99. The van der Waals surface area contributed by atoms with Gasteiger partial charge in [-0.25, -0.2) is 0 Å². The second kappa shape index (κ2) is 3.16. The zero-order valence-electron chi connectivity index (χ0n) is 8.31. The van der Waals surface area contributed by atoms with Crippen LogP contribution in [-0.2, 0) is 0 Å². The molecular weight excluding hydrogens is 186 g/mol. The third-order valence-corrected chi connectivity index (χ3v) is 2.99. The lowest BCUT2D eigenvalue weighted by Gasteiger charge is -2.06. The van der Waals surface area contributed by atoms with Crippen molar-refractivity contribution in [2.45, 2.75) is 18.8 Å². The van der Waals surface area contributed by atoms with Crippen LogP contribution in [0.1, 0.15) is 34.7 Å². The number of pyridine rings is 1. The van der Waals surface area contributed by atoms with Gasteiger partial charge in [0.2, 0.25) is 0 Å². The molecule has 1 aromatic heterocycles. The van der Waals surface area contributed by atoms with Gasteiger partial charge in [0.25, 0.3) is 0 Å². The molecule has 0 bridgehead atoms. The van der Waals surface area contributed by atoms with Gasteiger partial charge in [0.1, 0.15) is 0 Å².